The normalized spacial score (nSPS) is 10.9. The van der Waals surface area contributed by atoms with Crippen LogP contribution in [-0.2, 0) is 0 Å². The van der Waals surface area contributed by atoms with Crippen LogP contribution >= 0.6 is 0 Å². The van der Waals surface area contributed by atoms with Crippen molar-refractivity contribution in [2.24, 2.45) is 0 Å². The van der Waals surface area contributed by atoms with Crippen molar-refractivity contribution in [3.05, 3.63) is 42.0 Å². The molecule has 0 aliphatic heterocycles. The summed E-state index contributed by atoms with van der Waals surface area (Å²) in [5.74, 6) is 0.0101. The molecule has 6 heteroatoms. The van der Waals surface area contributed by atoms with E-state index in [4.69, 9.17) is 9.47 Å². The molecule has 0 amide bonds. The number of halogens is 2. The topological polar surface area (TPSA) is 47.1 Å². The minimum atomic E-state index is -0.721. The van der Waals surface area contributed by atoms with Crippen molar-refractivity contribution in [3.63, 3.8) is 0 Å². The molecule has 1 aromatic heterocycles. The molecule has 0 bridgehead atoms. The summed E-state index contributed by atoms with van der Waals surface area (Å²) in [6, 6.07) is 7.23. The second-order valence-electron chi connectivity index (χ2n) is 4.41. The fourth-order valence-electron chi connectivity index (χ4n) is 2.25. The van der Waals surface area contributed by atoms with Crippen LogP contribution in [0.15, 0.2) is 30.3 Å². The maximum Gasteiger partial charge on any atom is 0.153 e. The number of ether oxygens (including phenoxy) is 2. The summed E-state index contributed by atoms with van der Waals surface area (Å²) in [7, 11) is 3.03. The Morgan fingerprint density at radius 1 is 1.05 bits per heavy atom. The first kappa shape index (κ1) is 13.4. The molecule has 3 aromatic rings. The van der Waals surface area contributed by atoms with Gasteiger partial charge in [-0.15, -0.1) is 0 Å². The minimum Gasteiger partial charge on any atom is -0.496 e. The molecule has 1 N–H and O–H groups in total. The number of aromatic nitrogens is 2. The summed E-state index contributed by atoms with van der Waals surface area (Å²) in [6.45, 7) is 0. The van der Waals surface area contributed by atoms with E-state index in [0.29, 0.717) is 22.9 Å². The first-order valence-electron chi connectivity index (χ1n) is 6.20. The van der Waals surface area contributed by atoms with Crippen LogP contribution < -0.4 is 9.47 Å². The van der Waals surface area contributed by atoms with Gasteiger partial charge in [0.2, 0.25) is 0 Å². The van der Waals surface area contributed by atoms with Gasteiger partial charge in [0.1, 0.15) is 34.2 Å². The van der Waals surface area contributed by atoms with Crippen molar-refractivity contribution in [1.29, 1.82) is 0 Å². The van der Waals surface area contributed by atoms with E-state index in [9.17, 15) is 8.78 Å². The van der Waals surface area contributed by atoms with Crippen LogP contribution in [0.3, 0.4) is 0 Å². The van der Waals surface area contributed by atoms with Crippen LogP contribution in [0.4, 0.5) is 8.78 Å². The van der Waals surface area contributed by atoms with Gasteiger partial charge in [0.15, 0.2) is 5.82 Å². The molecule has 3 rings (SSSR count). The predicted octanol–water partition coefficient (Wildman–Crippen LogP) is 3.53. The van der Waals surface area contributed by atoms with E-state index < -0.39 is 11.6 Å². The van der Waals surface area contributed by atoms with Gasteiger partial charge in [-0.3, -0.25) is 0 Å². The summed E-state index contributed by atoms with van der Waals surface area (Å²) in [5.41, 5.74) is 0.897. The number of methoxy groups -OCH3 is 2. The monoisotopic (exact) mass is 290 g/mol. The first-order valence-corrected chi connectivity index (χ1v) is 6.20. The third kappa shape index (κ3) is 2.18. The highest BCUT2D eigenvalue weighted by atomic mass is 19.1. The van der Waals surface area contributed by atoms with E-state index in [2.05, 4.69) is 9.97 Å². The highest BCUT2D eigenvalue weighted by Crippen LogP contribution is 2.37. The van der Waals surface area contributed by atoms with E-state index >= 15 is 0 Å². The van der Waals surface area contributed by atoms with Crippen LogP contribution in [0.1, 0.15) is 0 Å². The van der Waals surface area contributed by atoms with Gasteiger partial charge in [-0.2, -0.15) is 0 Å². The molecule has 2 aromatic carbocycles. The number of H-pyrrole nitrogens is 1. The molecule has 0 radical (unpaired) electrons. The van der Waals surface area contributed by atoms with E-state index in [0.717, 1.165) is 6.07 Å². The maximum atomic E-state index is 13.8. The molecule has 0 unspecified atom stereocenters. The van der Waals surface area contributed by atoms with Gasteiger partial charge in [-0.1, -0.05) is 6.07 Å². The SMILES string of the molecule is COc1cccc(OC)c1-c1nc2c(F)cc(F)cc2[nH]1. The number of nitrogens with one attached hydrogen (secondary N) is 1. The molecule has 108 valence electrons. The van der Waals surface area contributed by atoms with Crippen LogP contribution in [0.25, 0.3) is 22.4 Å². The first-order chi connectivity index (χ1) is 10.1. The molecule has 21 heavy (non-hydrogen) atoms. The van der Waals surface area contributed by atoms with Gasteiger partial charge in [-0.25, -0.2) is 13.8 Å². The predicted molar refractivity (Wildman–Crippen MR) is 74.5 cm³/mol. The second kappa shape index (κ2) is 5.05. The van der Waals surface area contributed by atoms with Crippen LogP contribution in [-0.4, -0.2) is 24.2 Å². The summed E-state index contributed by atoms with van der Waals surface area (Å²) < 4.78 is 37.6. The molecular weight excluding hydrogens is 278 g/mol. The Hall–Kier alpha value is -2.63. The summed E-state index contributed by atoms with van der Waals surface area (Å²) in [4.78, 5) is 7.08. The van der Waals surface area contributed by atoms with Crippen LogP contribution in [0, 0.1) is 11.6 Å². The fraction of sp³-hybridized carbons (Fsp3) is 0.133. The lowest BCUT2D eigenvalue weighted by Crippen LogP contribution is -1.94. The Balaban J connectivity index is 2.28. The Morgan fingerprint density at radius 3 is 2.33 bits per heavy atom. The lowest BCUT2D eigenvalue weighted by Gasteiger charge is -2.10. The van der Waals surface area contributed by atoms with Gasteiger partial charge in [-0.05, 0) is 18.2 Å². The summed E-state index contributed by atoms with van der Waals surface area (Å²) in [5, 5.41) is 0. The standard InChI is InChI=1S/C15H12F2N2O2/c1-20-11-4-3-5-12(21-2)13(11)15-18-10-7-8(16)6-9(17)14(10)19-15/h3-7H,1-2H3,(H,18,19). The summed E-state index contributed by atoms with van der Waals surface area (Å²) in [6.07, 6.45) is 0. The van der Waals surface area contributed by atoms with Gasteiger partial charge in [0.05, 0.1) is 19.7 Å². The van der Waals surface area contributed by atoms with Gasteiger partial charge in [0.25, 0.3) is 0 Å². The second-order valence-corrected chi connectivity index (χ2v) is 4.41. The average molecular weight is 290 g/mol. The quantitative estimate of drug-likeness (QED) is 0.802. The highest BCUT2D eigenvalue weighted by molar-refractivity contribution is 5.83. The average Bonchev–Trinajstić information content (AvgIpc) is 2.90. The number of aromatic amines is 1. The smallest absolute Gasteiger partial charge is 0.153 e. The number of hydrogen-bond donors (Lipinski definition) is 1. The fourth-order valence-corrected chi connectivity index (χ4v) is 2.25. The van der Waals surface area contributed by atoms with E-state index in [1.54, 1.807) is 18.2 Å². The molecule has 0 aliphatic rings. The molecule has 0 atom stereocenters. The molecule has 1 heterocycles. The Bertz CT molecular complexity index is 793. The molecule has 4 nitrogen and oxygen atoms in total. The lowest BCUT2D eigenvalue weighted by molar-refractivity contribution is 0.397. The lowest BCUT2D eigenvalue weighted by atomic mass is 10.1. The van der Waals surface area contributed by atoms with E-state index in [-0.39, 0.29) is 11.0 Å². The van der Waals surface area contributed by atoms with Crippen molar-refractivity contribution >= 4 is 11.0 Å². The van der Waals surface area contributed by atoms with Crippen molar-refractivity contribution in [3.8, 4) is 22.9 Å². The summed E-state index contributed by atoms with van der Waals surface area (Å²) >= 11 is 0. The highest BCUT2D eigenvalue weighted by Gasteiger charge is 2.18. The zero-order chi connectivity index (χ0) is 15.0. The zero-order valence-electron chi connectivity index (χ0n) is 11.4. The molecule has 0 aliphatic carbocycles. The molecule has 0 saturated carbocycles. The van der Waals surface area contributed by atoms with Crippen molar-refractivity contribution in [2.75, 3.05) is 14.2 Å². The van der Waals surface area contributed by atoms with Gasteiger partial charge in [0, 0.05) is 6.07 Å². The number of benzene rings is 2. The van der Waals surface area contributed by atoms with Crippen molar-refractivity contribution in [1.82, 2.24) is 9.97 Å². The third-order valence-electron chi connectivity index (χ3n) is 3.17. The Labute approximate surface area is 119 Å². The Morgan fingerprint density at radius 2 is 1.71 bits per heavy atom. The van der Waals surface area contributed by atoms with Gasteiger partial charge >= 0.3 is 0 Å². The number of nitrogens with zero attached hydrogens (tertiary/aromatic N) is 1. The molecule has 0 spiro atoms. The zero-order valence-corrected chi connectivity index (χ0v) is 11.4. The number of fused-ring (bicyclic) bond motifs is 1. The van der Waals surface area contributed by atoms with Gasteiger partial charge < -0.3 is 14.5 Å². The van der Waals surface area contributed by atoms with Crippen LogP contribution in [0.5, 0.6) is 11.5 Å². The van der Waals surface area contributed by atoms with Crippen LogP contribution in [0.2, 0.25) is 0 Å². The minimum absolute atomic E-state index is 0.0689. The third-order valence-corrected chi connectivity index (χ3v) is 3.17. The number of hydrogen-bond acceptors (Lipinski definition) is 3. The van der Waals surface area contributed by atoms with Crippen molar-refractivity contribution < 1.29 is 18.3 Å². The molecule has 0 saturated heterocycles. The Kier molecular flexibility index (Phi) is 3.21. The number of imidazole rings is 1. The maximum absolute atomic E-state index is 13.8. The van der Waals surface area contributed by atoms with E-state index in [1.165, 1.54) is 20.3 Å². The molecular formula is C15H12F2N2O2. The molecule has 0 fully saturated rings. The number of rotatable bonds is 3. The van der Waals surface area contributed by atoms with Crippen molar-refractivity contribution in [2.45, 2.75) is 0 Å². The largest absolute Gasteiger partial charge is 0.496 e. The van der Waals surface area contributed by atoms with E-state index in [1.807, 2.05) is 0 Å².